The number of nitrogens with zero attached hydrogens (tertiary/aromatic N) is 3. The van der Waals surface area contributed by atoms with Gasteiger partial charge in [-0.2, -0.15) is 0 Å². The zero-order chi connectivity index (χ0) is 23.4. The van der Waals surface area contributed by atoms with Crippen molar-refractivity contribution in [3.63, 3.8) is 0 Å². The summed E-state index contributed by atoms with van der Waals surface area (Å²) in [5.74, 6) is 2.69. The standard InChI is InChI=1S/C25H34N4O4/c1-16(2)32-23-17(3)22(9-8-21(23)28-24(30)18-6-5-7-18)33-20-14-26-25(27-15-20)29-12-10-19(31-4)11-13-29/h8-9,14-16,18-19H,5-7,10-13H2,1-4H3,(H,28,30). The molecule has 178 valence electrons. The number of anilines is 2. The van der Waals surface area contributed by atoms with Gasteiger partial charge in [0.1, 0.15) is 11.5 Å². The van der Waals surface area contributed by atoms with Gasteiger partial charge in [-0.25, -0.2) is 9.97 Å². The zero-order valence-corrected chi connectivity index (χ0v) is 20.0. The van der Waals surface area contributed by atoms with E-state index in [0.717, 1.165) is 50.8 Å². The molecule has 1 aromatic carbocycles. The summed E-state index contributed by atoms with van der Waals surface area (Å²) in [4.78, 5) is 23.7. The molecular weight excluding hydrogens is 420 g/mol. The Morgan fingerprint density at radius 3 is 2.39 bits per heavy atom. The van der Waals surface area contributed by atoms with Crippen LogP contribution in [0.25, 0.3) is 0 Å². The molecule has 2 fully saturated rings. The highest BCUT2D eigenvalue weighted by Gasteiger charge is 2.27. The quantitative estimate of drug-likeness (QED) is 0.618. The van der Waals surface area contributed by atoms with E-state index in [1.54, 1.807) is 19.5 Å². The summed E-state index contributed by atoms with van der Waals surface area (Å²) in [5.41, 5.74) is 1.50. The lowest BCUT2D eigenvalue weighted by molar-refractivity contribution is -0.122. The number of methoxy groups -OCH3 is 1. The molecule has 1 amide bonds. The number of carbonyl (C=O) groups is 1. The topological polar surface area (TPSA) is 85.8 Å². The van der Waals surface area contributed by atoms with Crippen molar-refractivity contribution in [1.29, 1.82) is 0 Å². The lowest BCUT2D eigenvalue weighted by atomic mass is 9.85. The van der Waals surface area contributed by atoms with Gasteiger partial charge in [-0.1, -0.05) is 6.42 Å². The zero-order valence-electron chi connectivity index (χ0n) is 20.0. The van der Waals surface area contributed by atoms with E-state index in [1.807, 2.05) is 32.9 Å². The minimum absolute atomic E-state index is 0.0387. The van der Waals surface area contributed by atoms with E-state index in [1.165, 1.54) is 0 Å². The number of rotatable bonds is 8. The first-order valence-electron chi connectivity index (χ1n) is 11.8. The molecule has 1 aliphatic heterocycles. The monoisotopic (exact) mass is 454 g/mol. The fraction of sp³-hybridized carbons (Fsp3) is 0.560. The molecular formula is C25H34N4O4. The summed E-state index contributed by atoms with van der Waals surface area (Å²) in [6, 6.07) is 3.69. The van der Waals surface area contributed by atoms with E-state index in [4.69, 9.17) is 14.2 Å². The number of hydrogen-bond acceptors (Lipinski definition) is 7. The van der Waals surface area contributed by atoms with E-state index in [9.17, 15) is 4.79 Å². The maximum Gasteiger partial charge on any atom is 0.227 e. The molecule has 8 heteroatoms. The van der Waals surface area contributed by atoms with E-state index < -0.39 is 0 Å². The Labute approximate surface area is 195 Å². The predicted molar refractivity (Wildman–Crippen MR) is 127 cm³/mol. The van der Waals surface area contributed by atoms with Gasteiger partial charge in [-0.3, -0.25) is 4.79 Å². The van der Waals surface area contributed by atoms with Gasteiger partial charge in [0.15, 0.2) is 5.75 Å². The number of hydrogen-bond donors (Lipinski definition) is 1. The van der Waals surface area contributed by atoms with Crippen molar-refractivity contribution in [3.05, 3.63) is 30.1 Å². The lowest BCUT2D eigenvalue weighted by Crippen LogP contribution is -2.37. The number of piperidine rings is 1. The van der Waals surface area contributed by atoms with Crippen molar-refractivity contribution in [2.45, 2.75) is 65.1 Å². The minimum Gasteiger partial charge on any atom is -0.488 e. The molecule has 1 saturated carbocycles. The number of ether oxygens (including phenoxy) is 3. The Balaban J connectivity index is 1.47. The molecule has 1 saturated heterocycles. The first-order valence-corrected chi connectivity index (χ1v) is 11.8. The van der Waals surface area contributed by atoms with Gasteiger partial charge in [0, 0.05) is 31.7 Å². The van der Waals surface area contributed by atoms with Gasteiger partial charge >= 0.3 is 0 Å². The molecule has 0 atom stereocenters. The molecule has 33 heavy (non-hydrogen) atoms. The van der Waals surface area contributed by atoms with Crippen molar-refractivity contribution in [2.24, 2.45) is 5.92 Å². The third kappa shape index (κ3) is 5.55. The van der Waals surface area contributed by atoms with Gasteiger partial charge in [-0.15, -0.1) is 0 Å². The van der Waals surface area contributed by atoms with E-state index in [-0.39, 0.29) is 17.9 Å². The molecule has 8 nitrogen and oxygen atoms in total. The highest BCUT2D eigenvalue weighted by molar-refractivity contribution is 5.94. The average Bonchev–Trinajstić information content (AvgIpc) is 2.77. The molecule has 2 aliphatic rings. The Morgan fingerprint density at radius 1 is 1.12 bits per heavy atom. The number of benzene rings is 1. The molecule has 0 radical (unpaired) electrons. The summed E-state index contributed by atoms with van der Waals surface area (Å²) in [7, 11) is 1.76. The second-order valence-electron chi connectivity index (χ2n) is 9.09. The SMILES string of the molecule is COC1CCN(c2ncc(Oc3ccc(NC(=O)C4CCC4)c(OC(C)C)c3C)cn2)CC1. The van der Waals surface area contributed by atoms with Crippen molar-refractivity contribution < 1.29 is 19.0 Å². The van der Waals surface area contributed by atoms with E-state index in [2.05, 4.69) is 20.2 Å². The predicted octanol–water partition coefficient (Wildman–Crippen LogP) is 4.72. The van der Waals surface area contributed by atoms with Gasteiger partial charge < -0.3 is 24.4 Å². The summed E-state index contributed by atoms with van der Waals surface area (Å²) in [6.45, 7) is 7.61. The van der Waals surface area contributed by atoms with Crippen LogP contribution < -0.4 is 19.7 Å². The van der Waals surface area contributed by atoms with E-state index >= 15 is 0 Å². The van der Waals surface area contributed by atoms with Gasteiger partial charge in [0.25, 0.3) is 0 Å². The third-order valence-electron chi connectivity index (χ3n) is 6.34. The number of aromatic nitrogens is 2. The average molecular weight is 455 g/mol. The smallest absolute Gasteiger partial charge is 0.227 e. The molecule has 2 aromatic rings. The van der Waals surface area contributed by atoms with Crippen molar-refractivity contribution in [2.75, 3.05) is 30.4 Å². The largest absolute Gasteiger partial charge is 0.488 e. The van der Waals surface area contributed by atoms with Crippen molar-refractivity contribution in [1.82, 2.24) is 9.97 Å². The number of nitrogens with one attached hydrogen (secondary N) is 1. The molecule has 0 unspecified atom stereocenters. The highest BCUT2D eigenvalue weighted by Crippen LogP contribution is 2.39. The number of carbonyl (C=O) groups excluding carboxylic acids is 1. The Morgan fingerprint density at radius 2 is 1.82 bits per heavy atom. The van der Waals surface area contributed by atoms with Crippen LogP contribution in [0.1, 0.15) is 51.5 Å². The molecule has 0 spiro atoms. The summed E-state index contributed by atoms with van der Waals surface area (Å²) in [6.07, 6.45) is 8.63. The summed E-state index contributed by atoms with van der Waals surface area (Å²) in [5, 5.41) is 3.04. The molecule has 1 N–H and O–H groups in total. The number of amides is 1. The second-order valence-corrected chi connectivity index (χ2v) is 9.09. The van der Waals surface area contributed by atoms with Crippen LogP contribution in [0.3, 0.4) is 0 Å². The Hall–Kier alpha value is -2.87. The Kier molecular flexibility index (Phi) is 7.33. The van der Waals surface area contributed by atoms with Crippen LogP contribution in [0, 0.1) is 12.8 Å². The van der Waals surface area contributed by atoms with Crippen LogP contribution in [0.15, 0.2) is 24.5 Å². The summed E-state index contributed by atoms with van der Waals surface area (Å²) >= 11 is 0. The molecule has 0 bridgehead atoms. The fourth-order valence-electron chi connectivity index (χ4n) is 4.12. The summed E-state index contributed by atoms with van der Waals surface area (Å²) < 4.78 is 17.6. The van der Waals surface area contributed by atoms with Crippen molar-refractivity contribution >= 4 is 17.5 Å². The highest BCUT2D eigenvalue weighted by atomic mass is 16.5. The molecule has 1 aromatic heterocycles. The third-order valence-corrected chi connectivity index (χ3v) is 6.34. The van der Waals surface area contributed by atoms with Crippen LogP contribution in [0.4, 0.5) is 11.6 Å². The van der Waals surface area contributed by atoms with Crippen LogP contribution in [-0.2, 0) is 9.53 Å². The minimum atomic E-state index is -0.0387. The second kappa shape index (κ2) is 10.4. The van der Waals surface area contributed by atoms with Crippen LogP contribution in [-0.4, -0.2) is 48.3 Å². The lowest BCUT2D eigenvalue weighted by Gasteiger charge is -2.31. The van der Waals surface area contributed by atoms with Gasteiger partial charge in [0.05, 0.1) is 30.3 Å². The van der Waals surface area contributed by atoms with E-state index in [0.29, 0.717) is 35.0 Å². The molecule has 1 aliphatic carbocycles. The van der Waals surface area contributed by atoms with Gasteiger partial charge in [-0.05, 0) is 58.6 Å². The Bertz CT molecular complexity index is 952. The van der Waals surface area contributed by atoms with Crippen LogP contribution in [0.2, 0.25) is 0 Å². The molecule has 4 rings (SSSR count). The first-order chi connectivity index (χ1) is 15.9. The fourth-order valence-corrected chi connectivity index (χ4v) is 4.12. The van der Waals surface area contributed by atoms with Gasteiger partial charge in [0.2, 0.25) is 11.9 Å². The first kappa shape index (κ1) is 23.3. The molecule has 2 heterocycles. The maximum atomic E-state index is 12.5. The van der Waals surface area contributed by atoms with Crippen molar-refractivity contribution in [3.8, 4) is 17.2 Å². The van der Waals surface area contributed by atoms with Crippen LogP contribution in [0.5, 0.6) is 17.2 Å². The maximum absolute atomic E-state index is 12.5. The van der Waals surface area contributed by atoms with Crippen LogP contribution >= 0.6 is 0 Å². The normalized spacial score (nSPS) is 17.1.